The number of hydroxylamine groups is 1. The molecule has 4 rings (SSSR count). The zero-order valence-electron chi connectivity index (χ0n) is 26.0. The first-order valence-electron chi connectivity index (χ1n) is 15.5. The Morgan fingerprint density at radius 2 is 1.49 bits per heavy atom. The normalized spacial score (nSPS) is 11.4. The van der Waals surface area contributed by atoms with Crippen molar-refractivity contribution in [1.82, 2.24) is 10.8 Å². The second kappa shape index (κ2) is 16.8. The van der Waals surface area contributed by atoms with E-state index < -0.39 is 11.9 Å². The Hall–Kier alpha value is -4.95. The summed E-state index contributed by atoms with van der Waals surface area (Å²) in [6, 6.07) is 30.6. The maximum Gasteiger partial charge on any atom is 0.321 e. The summed E-state index contributed by atoms with van der Waals surface area (Å²) in [5.41, 5.74) is 6.78. The average Bonchev–Trinajstić information content (AvgIpc) is 3.09. The molecule has 4 aromatic rings. The van der Waals surface area contributed by atoms with Gasteiger partial charge < -0.3 is 10.6 Å². The molecule has 8 heteroatoms. The Morgan fingerprint density at radius 3 is 2.22 bits per heavy atom. The van der Waals surface area contributed by atoms with Crippen molar-refractivity contribution in [3.05, 3.63) is 120 Å². The zero-order valence-corrected chi connectivity index (χ0v) is 26.0. The number of nitrogens with zero attached hydrogens (tertiary/aromatic N) is 1. The van der Waals surface area contributed by atoms with Crippen LogP contribution in [0.15, 0.2) is 103 Å². The molecule has 0 spiro atoms. The summed E-state index contributed by atoms with van der Waals surface area (Å²) in [5.74, 6) is -0.782. The Bertz CT molecular complexity index is 1560. The number of anilines is 2. The summed E-state index contributed by atoms with van der Waals surface area (Å²) in [7, 11) is 1.76. The first-order chi connectivity index (χ1) is 21.9. The van der Waals surface area contributed by atoms with Crippen LogP contribution in [0.4, 0.5) is 16.2 Å². The van der Waals surface area contributed by atoms with E-state index in [-0.39, 0.29) is 18.2 Å². The van der Waals surface area contributed by atoms with Crippen LogP contribution in [0.3, 0.4) is 0 Å². The summed E-state index contributed by atoms with van der Waals surface area (Å²) in [5, 5.41) is 15.6. The van der Waals surface area contributed by atoms with Crippen molar-refractivity contribution in [2.75, 3.05) is 23.8 Å². The largest absolute Gasteiger partial charge is 0.373 e. The summed E-state index contributed by atoms with van der Waals surface area (Å²) < 4.78 is 0. The minimum atomic E-state index is -0.840. The van der Waals surface area contributed by atoms with Gasteiger partial charge in [0.25, 0.3) is 5.91 Å². The second-order valence-electron chi connectivity index (χ2n) is 11.1. The van der Waals surface area contributed by atoms with Gasteiger partial charge in [0.1, 0.15) is 6.04 Å². The lowest BCUT2D eigenvalue weighted by Gasteiger charge is -2.20. The number of carbonyl (C=O) groups excluding carboxylic acids is 3. The fraction of sp³-hybridized carbons (Fsp3) is 0.270. The number of urea groups is 1. The van der Waals surface area contributed by atoms with Crippen LogP contribution >= 0.6 is 0 Å². The highest BCUT2D eigenvalue weighted by molar-refractivity contribution is 6.12. The van der Waals surface area contributed by atoms with Crippen molar-refractivity contribution in [2.45, 2.75) is 51.5 Å². The topological polar surface area (TPSA) is 111 Å². The van der Waals surface area contributed by atoms with Gasteiger partial charge in [-0.1, -0.05) is 111 Å². The number of hydrogen-bond donors (Lipinski definition) is 4. The van der Waals surface area contributed by atoms with E-state index in [1.807, 2.05) is 54.6 Å². The fourth-order valence-corrected chi connectivity index (χ4v) is 5.15. The van der Waals surface area contributed by atoms with Crippen molar-refractivity contribution >= 4 is 29.1 Å². The lowest BCUT2D eigenvalue weighted by atomic mass is 9.98. The van der Waals surface area contributed by atoms with Gasteiger partial charge in [-0.15, -0.1) is 0 Å². The lowest BCUT2D eigenvalue weighted by molar-refractivity contribution is -0.129. The van der Waals surface area contributed by atoms with E-state index in [0.29, 0.717) is 23.4 Å². The summed E-state index contributed by atoms with van der Waals surface area (Å²) >= 11 is 0. The SMILES string of the molecule is CCCCCCCNC(=O)N(C)c1cccc(-c2ccc(CC(Nc3ccccc3C(=O)c3ccccc3)C(=O)NO)cc2)c1. The maximum atomic E-state index is 13.2. The molecular weight excluding hydrogens is 564 g/mol. The molecule has 0 aliphatic carbocycles. The Labute approximate surface area is 265 Å². The fourth-order valence-electron chi connectivity index (χ4n) is 5.15. The molecule has 3 amide bonds. The number of rotatable bonds is 15. The number of unbranched alkanes of at least 4 members (excludes halogenated alkanes) is 4. The second-order valence-corrected chi connectivity index (χ2v) is 11.1. The quantitative estimate of drug-likeness (QED) is 0.0494. The number of benzene rings is 4. The minimum absolute atomic E-state index is 0.134. The van der Waals surface area contributed by atoms with Gasteiger partial charge >= 0.3 is 6.03 Å². The molecule has 0 saturated carbocycles. The van der Waals surface area contributed by atoms with Gasteiger partial charge in [-0.3, -0.25) is 19.7 Å². The molecule has 8 nitrogen and oxygen atoms in total. The number of nitrogens with one attached hydrogen (secondary N) is 3. The molecule has 45 heavy (non-hydrogen) atoms. The van der Waals surface area contributed by atoms with Gasteiger partial charge in [-0.25, -0.2) is 10.3 Å². The van der Waals surface area contributed by atoms with Crippen molar-refractivity contribution in [2.24, 2.45) is 0 Å². The molecule has 4 aromatic carbocycles. The Morgan fingerprint density at radius 1 is 0.778 bits per heavy atom. The number of ketones is 1. The predicted octanol–water partition coefficient (Wildman–Crippen LogP) is 7.23. The van der Waals surface area contributed by atoms with E-state index in [4.69, 9.17) is 0 Å². The molecule has 0 aliphatic heterocycles. The molecular formula is C37H42N4O4. The smallest absolute Gasteiger partial charge is 0.321 e. The van der Waals surface area contributed by atoms with Crippen LogP contribution in [0.1, 0.15) is 60.5 Å². The van der Waals surface area contributed by atoms with Gasteiger partial charge in [0, 0.05) is 42.5 Å². The Kier molecular flexibility index (Phi) is 12.3. The molecule has 1 unspecified atom stereocenters. The van der Waals surface area contributed by atoms with Gasteiger partial charge in [0.05, 0.1) is 0 Å². The number of para-hydroxylation sites is 1. The number of hydrogen-bond acceptors (Lipinski definition) is 5. The van der Waals surface area contributed by atoms with Gasteiger partial charge in [0.15, 0.2) is 5.78 Å². The molecule has 0 bridgehead atoms. The monoisotopic (exact) mass is 606 g/mol. The summed E-state index contributed by atoms with van der Waals surface area (Å²) in [6.45, 7) is 2.85. The van der Waals surface area contributed by atoms with Gasteiger partial charge in [0.2, 0.25) is 0 Å². The van der Waals surface area contributed by atoms with E-state index in [1.54, 1.807) is 66.0 Å². The van der Waals surface area contributed by atoms with Crippen molar-refractivity contribution in [3.63, 3.8) is 0 Å². The number of amides is 3. The van der Waals surface area contributed by atoms with Crippen LogP contribution in [0, 0.1) is 0 Å². The van der Waals surface area contributed by atoms with E-state index in [1.165, 1.54) is 19.3 Å². The predicted molar refractivity (Wildman–Crippen MR) is 180 cm³/mol. The summed E-state index contributed by atoms with van der Waals surface area (Å²) in [4.78, 5) is 40.2. The standard InChI is InChI=1S/C37H42N4O4/c1-3-4-5-6-12-24-38-37(44)41(2)31-17-13-16-30(26-31)28-22-20-27(21-23-28)25-34(36(43)40-45)39-33-19-11-10-18-32(33)35(42)29-14-8-7-9-15-29/h7-11,13-23,26,34,39,45H,3-6,12,24-25H2,1-2H3,(H,38,44)(H,40,43). The molecule has 0 fully saturated rings. The van der Waals surface area contributed by atoms with Crippen molar-refractivity contribution in [1.29, 1.82) is 0 Å². The molecule has 0 saturated heterocycles. The van der Waals surface area contributed by atoms with Crippen molar-refractivity contribution < 1.29 is 19.6 Å². The zero-order chi connectivity index (χ0) is 32.0. The molecule has 0 aliphatic rings. The molecule has 234 valence electrons. The van der Waals surface area contributed by atoms with Crippen molar-refractivity contribution in [3.8, 4) is 11.1 Å². The third-order valence-corrected chi connectivity index (χ3v) is 7.79. The minimum Gasteiger partial charge on any atom is -0.373 e. The molecule has 4 N–H and O–H groups in total. The third-order valence-electron chi connectivity index (χ3n) is 7.79. The lowest BCUT2D eigenvalue weighted by Crippen LogP contribution is -2.40. The highest BCUT2D eigenvalue weighted by Crippen LogP contribution is 2.26. The summed E-state index contributed by atoms with van der Waals surface area (Å²) in [6.07, 6.45) is 5.97. The van der Waals surface area contributed by atoms with E-state index in [9.17, 15) is 19.6 Å². The first-order valence-corrected chi connectivity index (χ1v) is 15.5. The maximum absolute atomic E-state index is 13.2. The van der Waals surface area contributed by atoms with Crippen LogP contribution in [-0.2, 0) is 11.2 Å². The number of carbonyl (C=O) groups is 3. The van der Waals surface area contributed by atoms with E-state index in [2.05, 4.69) is 17.6 Å². The van der Waals surface area contributed by atoms with Crippen LogP contribution in [0.5, 0.6) is 0 Å². The van der Waals surface area contributed by atoms with Crippen LogP contribution in [0.2, 0.25) is 0 Å². The first kappa shape index (κ1) is 33.0. The van der Waals surface area contributed by atoms with E-state index in [0.717, 1.165) is 35.2 Å². The highest BCUT2D eigenvalue weighted by atomic mass is 16.5. The van der Waals surface area contributed by atoms with Crippen LogP contribution < -0.4 is 21.0 Å². The van der Waals surface area contributed by atoms with Crippen LogP contribution in [-0.4, -0.2) is 42.6 Å². The van der Waals surface area contributed by atoms with Crippen LogP contribution in [0.25, 0.3) is 11.1 Å². The van der Waals surface area contributed by atoms with E-state index >= 15 is 0 Å². The third kappa shape index (κ3) is 9.27. The molecule has 0 radical (unpaired) electrons. The highest BCUT2D eigenvalue weighted by Gasteiger charge is 2.22. The van der Waals surface area contributed by atoms with Gasteiger partial charge in [-0.2, -0.15) is 0 Å². The molecule has 0 heterocycles. The Balaban J connectivity index is 1.43. The molecule has 0 aromatic heterocycles. The molecule has 1 atom stereocenters. The average molecular weight is 607 g/mol. The van der Waals surface area contributed by atoms with Gasteiger partial charge in [-0.05, 0) is 47.4 Å².